The first-order chi connectivity index (χ1) is 9.69. The molecule has 1 N–H and O–H groups in total. The van der Waals surface area contributed by atoms with E-state index in [-0.39, 0.29) is 5.66 Å². The Morgan fingerprint density at radius 3 is 2.50 bits per heavy atom. The smallest absolute Gasteiger partial charge is 0.157 e. The van der Waals surface area contributed by atoms with Crippen molar-refractivity contribution in [3.63, 3.8) is 0 Å². The zero-order chi connectivity index (χ0) is 13.7. The number of nitrogens with zero attached hydrogens (tertiary/aromatic N) is 2. The molecule has 1 spiro atoms. The van der Waals surface area contributed by atoms with Crippen molar-refractivity contribution in [1.82, 2.24) is 10.3 Å². The number of amidine groups is 1. The topological polar surface area (TPSA) is 27.6 Å². The van der Waals surface area contributed by atoms with Crippen molar-refractivity contribution < 1.29 is 0 Å². The Morgan fingerprint density at radius 1 is 1.20 bits per heavy atom. The van der Waals surface area contributed by atoms with E-state index in [4.69, 9.17) is 11.6 Å². The molecule has 1 atom stereocenters. The van der Waals surface area contributed by atoms with E-state index in [2.05, 4.69) is 34.6 Å². The first-order valence-corrected chi connectivity index (χ1v) is 7.91. The first kappa shape index (κ1) is 12.5. The van der Waals surface area contributed by atoms with Gasteiger partial charge in [-0.15, -0.1) is 0 Å². The Hall–Kier alpha value is -1.22. The molecule has 3 aliphatic carbocycles. The van der Waals surface area contributed by atoms with Gasteiger partial charge in [-0.25, -0.2) is 0 Å². The van der Waals surface area contributed by atoms with Crippen LogP contribution in [-0.2, 0) is 0 Å². The molecule has 4 heteroatoms. The molecule has 5 rings (SSSR count). The summed E-state index contributed by atoms with van der Waals surface area (Å²) in [6.07, 6.45) is 6.71. The van der Waals surface area contributed by atoms with Gasteiger partial charge in [0.1, 0.15) is 5.66 Å². The number of nitrogens with one attached hydrogen (secondary N) is 1. The van der Waals surface area contributed by atoms with Gasteiger partial charge in [-0.2, -0.15) is 5.10 Å². The van der Waals surface area contributed by atoms with E-state index in [1.807, 2.05) is 12.1 Å². The quantitative estimate of drug-likeness (QED) is 0.857. The fraction of sp³-hybridized carbons (Fsp3) is 0.562. The van der Waals surface area contributed by atoms with Gasteiger partial charge in [-0.1, -0.05) is 11.6 Å². The summed E-state index contributed by atoms with van der Waals surface area (Å²) in [5, 5.41) is 5.43. The summed E-state index contributed by atoms with van der Waals surface area (Å²) in [6.45, 7) is 0. The number of fused-ring (bicyclic) bond motifs is 2. The number of halogens is 1. The largest absolute Gasteiger partial charge is 0.333 e. The third kappa shape index (κ3) is 1.69. The Balaban J connectivity index is 1.64. The van der Waals surface area contributed by atoms with Crippen LogP contribution in [-0.4, -0.2) is 23.4 Å². The van der Waals surface area contributed by atoms with Crippen LogP contribution in [0.15, 0.2) is 29.4 Å². The third-order valence-electron chi connectivity index (χ3n) is 5.50. The maximum Gasteiger partial charge on any atom is 0.157 e. The zero-order valence-electron chi connectivity index (χ0n) is 11.8. The summed E-state index contributed by atoms with van der Waals surface area (Å²) in [7, 11) is 2.19. The zero-order valence-corrected chi connectivity index (χ0v) is 12.5. The molecule has 2 bridgehead atoms. The Kier molecular flexibility index (Phi) is 2.75. The lowest BCUT2D eigenvalue weighted by Gasteiger charge is -2.53. The molecule has 1 heterocycles. The molecule has 0 radical (unpaired) electrons. The third-order valence-corrected chi connectivity index (χ3v) is 5.75. The average Bonchev–Trinajstić information content (AvgIpc) is 2.79. The SMILES string of the molecule is CN1C(c2ccc(Cl)cc2)=NNC12CC1CCC2CC1. The number of rotatable bonds is 1. The first-order valence-electron chi connectivity index (χ1n) is 7.54. The van der Waals surface area contributed by atoms with Gasteiger partial charge in [0.05, 0.1) is 0 Å². The lowest BCUT2D eigenvalue weighted by molar-refractivity contribution is -0.0197. The van der Waals surface area contributed by atoms with E-state index in [1.54, 1.807) is 0 Å². The fourth-order valence-corrected chi connectivity index (χ4v) is 4.47. The molecule has 4 aliphatic rings. The minimum absolute atomic E-state index is 0.0656. The van der Waals surface area contributed by atoms with Crippen LogP contribution in [0.4, 0.5) is 0 Å². The molecule has 1 aromatic carbocycles. The van der Waals surface area contributed by atoms with Crippen molar-refractivity contribution in [3.8, 4) is 0 Å². The van der Waals surface area contributed by atoms with Gasteiger partial charge >= 0.3 is 0 Å². The summed E-state index contributed by atoms with van der Waals surface area (Å²) in [5.74, 6) is 2.65. The molecule has 3 fully saturated rings. The Bertz CT molecular complexity index is 545. The maximum absolute atomic E-state index is 5.98. The van der Waals surface area contributed by atoms with E-state index in [1.165, 1.54) is 32.1 Å². The average molecular weight is 290 g/mol. The normalized spacial score (nSPS) is 35.3. The van der Waals surface area contributed by atoms with Crippen LogP contribution < -0.4 is 5.43 Å². The van der Waals surface area contributed by atoms with E-state index >= 15 is 0 Å². The van der Waals surface area contributed by atoms with Crippen LogP contribution in [0.1, 0.15) is 37.7 Å². The molecule has 1 aromatic rings. The highest BCUT2D eigenvalue weighted by Gasteiger charge is 2.53. The van der Waals surface area contributed by atoms with Gasteiger partial charge in [0, 0.05) is 23.6 Å². The second-order valence-corrected chi connectivity index (χ2v) is 6.90. The minimum Gasteiger partial charge on any atom is -0.333 e. The molecule has 3 nitrogen and oxygen atoms in total. The van der Waals surface area contributed by atoms with Crippen LogP contribution in [0.2, 0.25) is 5.02 Å². The van der Waals surface area contributed by atoms with Crippen LogP contribution in [0, 0.1) is 11.8 Å². The van der Waals surface area contributed by atoms with E-state index in [9.17, 15) is 0 Å². The molecule has 0 aromatic heterocycles. The van der Waals surface area contributed by atoms with Gasteiger partial charge in [-0.3, -0.25) is 5.43 Å². The lowest BCUT2D eigenvalue weighted by Crippen LogP contribution is -2.62. The van der Waals surface area contributed by atoms with Crippen molar-refractivity contribution in [3.05, 3.63) is 34.9 Å². The predicted molar refractivity (Wildman–Crippen MR) is 81.7 cm³/mol. The summed E-state index contributed by atoms with van der Waals surface area (Å²) < 4.78 is 0. The van der Waals surface area contributed by atoms with Crippen molar-refractivity contribution in [1.29, 1.82) is 0 Å². The fourth-order valence-electron chi connectivity index (χ4n) is 4.34. The van der Waals surface area contributed by atoms with Crippen LogP contribution in [0.25, 0.3) is 0 Å². The number of benzene rings is 1. The number of hydrogen-bond donors (Lipinski definition) is 1. The van der Waals surface area contributed by atoms with Crippen molar-refractivity contribution in [2.24, 2.45) is 16.9 Å². The molecular formula is C16H20ClN3. The summed E-state index contributed by atoms with van der Waals surface area (Å²) in [5.41, 5.74) is 4.70. The predicted octanol–water partition coefficient (Wildman–Crippen LogP) is 3.44. The van der Waals surface area contributed by atoms with Crippen molar-refractivity contribution in [2.45, 2.75) is 37.8 Å². The second kappa shape index (κ2) is 4.39. The molecular weight excluding hydrogens is 270 g/mol. The van der Waals surface area contributed by atoms with Gasteiger partial charge in [0.2, 0.25) is 0 Å². The van der Waals surface area contributed by atoms with Crippen molar-refractivity contribution in [2.75, 3.05) is 7.05 Å². The minimum atomic E-state index is 0.0656. The summed E-state index contributed by atoms with van der Waals surface area (Å²) >= 11 is 5.98. The summed E-state index contributed by atoms with van der Waals surface area (Å²) in [6, 6.07) is 7.98. The van der Waals surface area contributed by atoms with Gasteiger partial charge in [0.25, 0.3) is 0 Å². The van der Waals surface area contributed by atoms with Gasteiger partial charge < -0.3 is 4.90 Å². The maximum atomic E-state index is 5.98. The van der Waals surface area contributed by atoms with Gasteiger partial charge in [-0.05, 0) is 62.3 Å². The standard InChI is InChI=1S/C16H20ClN3/c1-20-15(12-4-8-14(17)9-5-12)18-19-16(20)10-11-2-6-13(16)7-3-11/h4-5,8-9,11,13,19H,2-3,6-7,10H2,1H3. The number of hydrogen-bond acceptors (Lipinski definition) is 3. The summed E-state index contributed by atoms with van der Waals surface area (Å²) in [4.78, 5) is 2.38. The van der Waals surface area contributed by atoms with E-state index < -0.39 is 0 Å². The molecule has 0 saturated heterocycles. The van der Waals surface area contributed by atoms with Crippen LogP contribution in [0.3, 0.4) is 0 Å². The monoisotopic (exact) mass is 289 g/mol. The molecule has 0 amide bonds. The Morgan fingerprint density at radius 2 is 1.90 bits per heavy atom. The highest BCUT2D eigenvalue weighted by molar-refractivity contribution is 6.30. The van der Waals surface area contributed by atoms with Crippen LogP contribution in [0.5, 0.6) is 0 Å². The van der Waals surface area contributed by atoms with Crippen LogP contribution >= 0.6 is 11.6 Å². The Labute approximate surface area is 125 Å². The molecule has 106 valence electrons. The second-order valence-electron chi connectivity index (χ2n) is 6.46. The van der Waals surface area contributed by atoms with Crippen molar-refractivity contribution >= 4 is 17.4 Å². The molecule has 3 saturated carbocycles. The lowest BCUT2D eigenvalue weighted by atomic mass is 9.64. The molecule has 20 heavy (non-hydrogen) atoms. The molecule has 1 unspecified atom stereocenters. The van der Waals surface area contributed by atoms with E-state index in [0.717, 1.165) is 28.3 Å². The van der Waals surface area contributed by atoms with E-state index in [0.29, 0.717) is 0 Å². The molecule has 1 aliphatic heterocycles. The highest BCUT2D eigenvalue weighted by Crippen LogP contribution is 2.50. The number of hydrazone groups is 1. The van der Waals surface area contributed by atoms with Gasteiger partial charge in [0.15, 0.2) is 5.84 Å². The highest BCUT2D eigenvalue weighted by atomic mass is 35.5.